The largest absolute Gasteiger partial charge is 0.389 e. The number of sulfonamides is 1. The summed E-state index contributed by atoms with van der Waals surface area (Å²) in [5.41, 5.74) is 1.30. The number of amides is 3. The maximum atomic E-state index is 13.2. The van der Waals surface area contributed by atoms with Crippen LogP contribution in [0.25, 0.3) is 0 Å². The number of urea groups is 1. The molecule has 9 nitrogen and oxygen atoms in total. The van der Waals surface area contributed by atoms with Gasteiger partial charge in [-0.25, -0.2) is 17.9 Å². The average molecular weight is 589 g/mol. The van der Waals surface area contributed by atoms with Crippen molar-refractivity contribution < 1.29 is 23.1 Å². The van der Waals surface area contributed by atoms with Crippen LogP contribution >= 0.6 is 0 Å². The third kappa shape index (κ3) is 13.5. The first kappa shape index (κ1) is 34.3. The normalized spacial score (nSPS) is 15.0. The van der Waals surface area contributed by atoms with Crippen LogP contribution in [0.2, 0.25) is 0 Å². The summed E-state index contributed by atoms with van der Waals surface area (Å²) in [4.78, 5) is 26.0. The molecule has 0 bridgehead atoms. The van der Waals surface area contributed by atoms with Gasteiger partial charge in [0.1, 0.15) is 0 Å². The first-order valence-corrected chi connectivity index (χ1v) is 16.0. The van der Waals surface area contributed by atoms with Crippen LogP contribution in [0.1, 0.15) is 65.5 Å². The smallest absolute Gasteiger partial charge is 0.315 e. The molecule has 2 aromatic rings. The fourth-order valence-corrected chi connectivity index (χ4v) is 5.65. The van der Waals surface area contributed by atoms with E-state index >= 15 is 0 Å². The first-order chi connectivity index (χ1) is 19.1. The van der Waals surface area contributed by atoms with Crippen molar-refractivity contribution in [2.24, 2.45) is 5.92 Å². The van der Waals surface area contributed by atoms with Crippen LogP contribution in [0.3, 0.4) is 0 Å². The summed E-state index contributed by atoms with van der Waals surface area (Å²) in [6.07, 6.45) is 0.729. The summed E-state index contributed by atoms with van der Waals surface area (Å²) < 4.78 is 27.9. The molecule has 0 radical (unpaired) electrons. The molecule has 5 N–H and O–H groups in total. The minimum Gasteiger partial charge on any atom is -0.389 e. The summed E-state index contributed by atoms with van der Waals surface area (Å²) in [7, 11) is -3.75. The van der Waals surface area contributed by atoms with E-state index in [0.29, 0.717) is 25.2 Å². The number of hydrogen-bond donors (Lipinski definition) is 5. The molecule has 0 saturated carbocycles. The van der Waals surface area contributed by atoms with E-state index in [4.69, 9.17) is 0 Å². The highest BCUT2D eigenvalue weighted by molar-refractivity contribution is 7.89. The molecule has 0 aliphatic rings. The molecule has 4 atom stereocenters. The van der Waals surface area contributed by atoms with Crippen LogP contribution in [0.15, 0.2) is 60.7 Å². The van der Waals surface area contributed by atoms with Crippen LogP contribution in [0.5, 0.6) is 0 Å². The predicted octanol–water partition coefficient (Wildman–Crippen LogP) is 3.53. The van der Waals surface area contributed by atoms with E-state index in [1.54, 1.807) is 0 Å². The molecule has 1 unspecified atom stereocenters. The van der Waals surface area contributed by atoms with Gasteiger partial charge in [0, 0.05) is 5.54 Å². The molecule has 2 aromatic carbocycles. The number of rotatable bonds is 15. The Hall–Kier alpha value is -2.95. The molecule has 2 rings (SSSR count). The minimum absolute atomic E-state index is 0.158. The standard InChI is InChI=1S/C31H48N4O5S/c1-22(2)17-18-26(33-30(38)34-31(4,5)6)28(36)27(21-25-15-11-8-12-16-25)32-29(37)23(3)35-41(39,40)20-19-24-13-9-7-10-14-24/h7-16,22-23,26-28,35-36H,17-21H2,1-6H3,(H,32,37)(H2,33,34,38)/t23-,26?,27-,28-/m0/s1. The van der Waals surface area contributed by atoms with E-state index in [2.05, 4.69) is 34.5 Å². The van der Waals surface area contributed by atoms with Crippen molar-refractivity contribution in [3.63, 3.8) is 0 Å². The first-order valence-electron chi connectivity index (χ1n) is 14.3. The minimum atomic E-state index is -3.75. The molecular formula is C31H48N4O5S. The number of aliphatic hydroxyl groups is 1. The van der Waals surface area contributed by atoms with Gasteiger partial charge in [-0.3, -0.25) is 4.79 Å². The van der Waals surface area contributed by atoms with Gasteiger partial charge < -0.3 is 21.1 Å². The van der Waals surface area contributed by atoms with Crippen molar-refractivity contribution in [1.29, 1.82) is 0 Å². The average Bonchev–Trinajstić information content (AvgIpc) is 2.89. The molecule has 10 heteroatoms. The summed E-state index contributed by atoms with van der Waals surface area (Å²) in [6, 6.07) is 15.8. The summed E-state index contributed by atoms with van der Waals surface area (Å²) >= 11 is 0. The number of carbonyl (C=O) groups is 2. The monoisotopic (exact) mass is 588 g/mol. The number of carbonyl (C=O) groups excluding carboxylic acids is 2. The second-order valence-electron chi connectivity index (χ2n) is 12.1. The van der Waals surface area contributed by atoms with Crippen LogP contribution in [0, 0.1) is 5.92 Å². The second-order valence-corrected chi connectivity index (χ2v) is 14.0. The number of hydrogen-bond acceptors (Lipinski definition) is 5. The summed E-state index contributed by atoms with van der Waals surface area (Å²) in [6.45, 7) is 11.2. The van der Waals surface area contributed by atoms with Crippen LogP contribution in [-0.2, 0) is 27.7 Å². The van der Waals surface area contributed by atoms with Crippen LogP contribution < -0.4 is 20.7 Å². The highest BCUT2D eigenvalue weighted by atomic mass is 32.2. The molecular weight excluding hydrogens is 540 g/mol. The number of aryl methyl sites for hydroxylation is 1. The van der Waals surface area contributed by atoms with Crippen molar-refractivity contribution in [3.8, 4) is 0 Å². The van der Waals surface area contributed by atoms with Gasteiger partial charge in [-0.05, 0) is 70.4 Å². The van der Waals surface area contributed by atoms with Crippen molar-refractivity contribution >= 4 is 22.0 Å². The second kappa shape index (κ2) is 15.9. The zero-order valence-electron chi connectivity index (χ0n) is 25.2. The molecule has 0 spiro atoms. The molecule has 0 aromatic heterocycles. The Labute approximate surface area is 245 Å². The molecule has 41 heavy (non-hydrogen) atoms. The Morgan fingerprint density at radius 1 is 0.829 bits per heavy atom. The van der Waals surface area contributed by atoms with E-state index in [0.717, 1.165) is 17.5 Å². The van der Waals surface area contributed by atoms with E-state index in [-0.39, 0.29) is 5.75 Å². The lowest BCUT2D eigenvalue weighted by molar-refractivity contribution is -0.124. The van der Waals surface area contributed by atoms with Gasteiger partial charge in [-0.2, -0.15) is 0 Å². The van der Waals surface area contributed by atoms with E-state index in [1.165, 1.54) is 6.92 Å². The zero-order chi connectivity index (χ0) is 30.6. The van der Waals surface area contributed by atoms with E-state index in [1.807, 2.05) is 81.4 Å². The van der Waals surface area contributed by atoms with E-state index in [9.17, 15) is 23.1 Å². The molecule has 228 valence electrons. The third-order valence-corrected chi connectivity index (χ3v) is 8.02. The van der Waals surface area contributed by atoms with Gasteiger partial charge in [0.05, 0.1) is 30.0 Å². The van der Waals surface area contributed by atoms with Crippen molar-refractivity contribution in [2.75, 3.05) is 5.75 Å². The van der Waals surface area contributed by atoms with Gasteiger partial charge in [-0.15, -0.1) is 0 Å². The van der Waals surface area contributed by atoms with Gasteiger partial charge in [0.2, 0.25) is 15.9 Å². The molecule has 0 fully saturated rings. The number of aliphatic hydroxyl groups excluding tert-OH is 1. The van der Waals surface area contributed by atoms with Gasteiger partial charge >= 0.3 is 6.03 Å². The maximum Gasteiger partial charge on any atom is 0.315 e. The summed E-state index contributed by atoms with van der Waals surface area (Å²) in [5.74, 6) is -0.380. The molecule has 0 aliphatic heterocycles. The molecule has 0 heterocycles. The molecule has 0 aliphatic carbocycles. The highest BCUT2D eigenvalue weighted by Crippen LogP contribution is 2.16. The van der Waals surface area contributed by atoms with Crippen LogP contribution in [-0.4, -0.2) is 61.0 Å². The van der Waals surface area contributed by atoms with Crippen molar-refractivity contribution in [2.45, 2.75) is 97.0 Å². The maximum absolute atomic E-state index is 13.2. The number of nitrogens with one attached hydrogen (secondary N) is 4. The lowest BCUT2D eigenvalue weighted by atomic mass is 9.91. The lowest BCUT2D eigenvalue weighted by Gasteiger charge is -2.33. The Bertz CT molecular complexity index is 1180. The summed E-state index contributed by atoms with van der Waals surface area (Å²) in [5, 5.41) is 20.2. The quantitative estimate of drug-likeness (QED) is 0.217. The van der Waals surface area contributed by atoms with Crippen molar-refractivity contribution in [3.05, 3.63) is 71.8 Å². The topological polar surface area (TPSA) is 137 Å². The van der Waals surface area contributed by atoms with E-state index < -0.39 is 51.7 Å². The Kier molecular flexibility index (Phi) is 13.3. The van der Waals surface area contributed by atoms with Gasteiger partial charge in [-0.1, -0.05) is 74.5 Å². The highest BCUT2D eigenvalue weighted by Gasteiger charge is 2.32. The lowest BCUT2D eigenvalue weighted by Crippen LogP contribution is -2.59. The van der Waals surface area contributed by atoms with Gasteiger partial charge in [0.25, 0.3) is 0 Å². The fourth-order valence-electron chi connectivity index (χ4n) is 4.38. The van der Waals surface area contributed by atoms with Gasteiger partial charge in [0.15, 0.2) is 0 Å². The predicted molar refractivity (Wildman–Crippen MR) is 164 cm³/mol. The van der Waals surface area contributed by atoms with Crippen LogP contribution in [0.4, 0.5) is 4.79 Å². The Morgan fingerprint density at radius 3 is 1.93 bits per heavy atom. The number of benzene rings is 2. The third-order valence-electron chi connectivity index (χ3n) is 6.56. The Balaban J connectivity index is 2.19. The molecule has 3 amide bonds. The Morgan fingerprint density at radius 2 is 1.39 bits per heavy atom. The SMILES string of the molecule is CC(C)CCC(NC(=O)NC(C)(C)C)[C@H](O)[C@H](Cc1ccccc1)NC(=O)[C@H](C)NS(=O)(=O)CCc1ccccc1. The van der Waals surface area contributed by atoms with Crippen molar-refractivity contribution in [1.82, 2.24) is 20.7 Å². The fraction of sp³-hybridized carbons (Fsp3) is 0.548. The molecule has 0 saturated heterocycles. The zero-order valence-corrected chi connectivity index (χ0v) is 26.0.